The molecule has 2 rings (SSSR count). The van der Waals surface area contributed by atoms with Crippen LogP contribution in [0.2, 0.25) is 0 Å². The number of ketones is 1. The molecule has 0 amide bonds. The Balaban J connectivity index is 2.06. The fourth-order valence-electron chi connectivity index (χ4n) is 2.45. The van der Waals surface area contributed by atoms with Crippen molar-refractivity contribution < 1.29 is 9.18 Å². The molecule has 0 spiro atoms. The molecule has 4 heteroatoms. The minimum Gasteiger partial charge on any atom is -0.297 e. The van der Waals surface area contributed by atoms with Gasteiger partial charge in [0, 0.05) is 12.1 Å². The number of carbonyl (C=O) groups excluding carboxylic acids is 1. The molecule has 3 nitrogen and oxygen atoms in total. The number of carbonyl (C=O) groups is 1. The van der Waals surface area contributed by atoms with E-state index in [1.807, 2.05) is 13.8 Å². The molecule has 2 aromatic rings. The lowest BCUT2D eigenvalue weighted by atomic mass is 10.1. The standard InChI is InChI=1S/C16H19FN2O/c1-4-16-11(2)18-19(12(16)3)10-15(20)9-13-5-7-14(17)8-6-13/h5-8H,4,9-10H2,1-3H3. The van der Waals surface area contributed by atoms with E-state index in [-0.39, 0.29) is 18.1 Å². The molecule has 0 saturated heterocycles. The van der Waals surface area contributed by atoms with E-state index in [2.05, 4.69) is 12.0 Å². The van der Waals surface area contributed by atoms with Gasteiger partial charge in [-0.25, -0.2) is 4.39 Å². The molecule has 0 radical (unpaired) electrons. The summed E-state index contributed by atoms with van der Waals surface area (Å²) in [5, 5.41) is 4.41. The predicted molar refractivity (Wildman–Crippen MR) is 76.2 cm³/mol. The molecule has 0 saturated carbocycles. The summed E-state index contributed by atoms with van der Waals surface area (Å²) in [7, 11) is 0. The molecule has 0 N–H and O–H groups in total. The van der Waals surface area contributed by atoms with Gasteiger partial charge in [-0.05, 0) is 43.5 Å². The lowest BCUT2D eigenvalue weighted by Crippen LogP contribution is -2.15. The predicted octanol–water partition coefficient (Wildman–Crippen LogP) is 3.01. The van der Waals surface area contributed by atoms with Crippen LogP contribution in [0.4, 0.5) is 4.39 Å². The molecule has 0 fully saturated rings. The van der Waals surface area contributed by atoms with Gasteiger partial charge < -0.3 is 0 Å². The SMILES string of the molecule is CCc1c(C)nn(CC(=O)Cc2ccc(F)cc2)c1C. The molecule has 1 aromatic heterocycles. The van der Waals surface area contributed by atoms with E-state index in [1.54, 1.807) is 16.8 Å². The van der Waals surface area contributed by atoms with Crippen molar-refractivity contribution in [1.82, 2.24) is 9.78 Å². The van der Waals surface area contributed by atoms with E-state index in [0.717, 1.165) is 23.4 Å². The fourth-order valence-corrected chi connectivity index (χ4v) is 2.45. The quantitative estimate of drug-likeness (QED) is 0.840. The van der Waals surface area contributed by atoms with Crippen LogP contribution in [0.25, 0.3) is 0 Å². The monoisotopic (exact) mass is 274 g/mol. The molecule has 0 bridgehead atoms. The van der Waals surface area contributed by atoms with E-state index in [4.69, 9.17) is 0 Å². The normalized spacial score (nSPS) is 10.8. The minimum atomic E-state index is -0.285. The number of benzene rings is 1. The van der Waals surface area contributed by atoms with Crippen LogP contribution in [-0.4, -0.2) is 15.6 Å². The fraction of sp³-hybridized carbons (Fsp3) is 0.375. The van der Waals surface area contributed by atoms with Crippen LogP contribution in [0.1, 0.15) is 29.4 Å². The highest BCUT2D eigenvalue weighted by Crippen LogP contribution is 2.14. The molecular weight excluding hydrogens is 255 g/mol. The molecule has 20 heavy (non-hydrogen) atoms. The van der Waals surface area contributed by atoms with Gasteiger partial charge in [0.1, 0.15) is 12.4 Å². The molecule has 106 valence electrons. The van der Waals surface area contributed by atoms with Crippen LogP contribution in [0, 0.1) is 19.7 Å². The van der Waals surface area contributed by atoms with Crippen molar-refractivity contribution in [2.24, 2.45) is 0 Å². The summed E-state index contributed by atoms with van der Waals surface area (Å²) in [6.45, 7) is 6.31. The zero-order valence-electron chi connectivity index (χ0n) is 12.1. The Kier molecular flexibility index (Phi) is 4.32. The van der Waals surface area contributed by atoms with Crippen molar-refractivity contribution in [2.75, 3.05) is 0 Å². The third kappa shape index (κ3) is 3.13. The first-order valence-electron chi connectivity index (χ1n) is 6.80. The van der Waals surface area contributed by atoms with Crippen LogP contribution in [0.3, 0.4) is 0 Å². The number of nitrogens with zero attached hydrogens (tertiary/aromatic N) is 2. The zero-order chi connectivity index (χ0) is 14.7. The molecule has 1 aromatic carbocycles. The van der Waals surface area contributed by atoms with E-state index in [9.17, 15) is 9.18 Å². The van der Waals surface area contributed by atoms with Gasteiger partial charge in [-0.3, -0.25) is 9.48 Å². The Labute approximate surface area is 118 Å². The maximum atomic E-state index is 12.8. The topological polar surface area (TPSA) is 34.9 Å². The van der Waals surface area contributed by atoms with E-state index in [1.165, 1.54) is 17.7 Å². The van der Waals surface area contributed by atoms with Gasteiger partial charge in [-0.1, -0.05) is 19.1 Å². The summed E-state index contributed by atoms with van der Waals surface area (Å²) in [4.78, 5) is 12.1. The average molecular weight is 274 g/mol. The smallest absolute Gasteiger partial charge is 0.158 e. The summed E-state index contributed by atoms with van der Waals surface area (Å²) in [5.41, 5.74) is 4.07. The molecule has 0 aliphatic heterocycles. The van der Waals surface area contributed by atoms with Gasteiger partial charge in [0.05, 0.1) is 5.69 Å². The van der Waals surface area contributed by atoms with Crippen molar-refractivity contribution in [2.45, 2.75) is 40.2 Å². The summed E-state index contributed by atoms with van der Waals surface area (Å²) in [6, 6.07) is 6.04. The molecule has 0 aliphatic carbocycles. The van der Waals surface area contributed by atoms with Crippen molar-refractivity contribution in [1.29, 1.82) is 0 Å². The van der Waals surface area contributed by atoms with E-state index in [0.29, 0.717) is 6.42 Å². The molecule has 0 aliphatic rings. The Bertz CT molecular complexity index is 614. The molecule has 1 heterocycles. The summed E-state index contributed by atoms with van der Waals surface area (Å²) < 4.78 is 14.6. The maximum Gasteiger partial charge on any atom is 0.158 e. The van der Waals surface area contributed by atoms with E-state index >= 15 is 0 Å². The molecular formula is C16H19FN2O. The Morgan fingerprint density at radius 2 is 1.90 bits per heavy atom. The number of hydrogen-bond acceptors (Lipinski definition) is 2. The highest BCUT2D eigenvalue weighted by molar-refractivity contribution is 5.80. The van der Waals surface area contributed by atoms with Gasteiger partial charge in [0.15, 0.2) is 5.78 Å². The van der Waals surface area contributed by atoms with Gasteiger partial charge in [0.2, 0.25) is 0 Å². The van der Waals surface area contributed by atoms with Gasteiger partial charge >= 0.3 is 0 Å². The number of halogens is 1. The van der Waals surface area contributed by atoms with Crippen LogP contribution >= 0.6 is 0 Å². The lowest BCUT2D eigenvalue weighted by Gasteiger charge is -2.05. The summed E-state index contributed by atoms with van der Waals surface area (Å²) >= 11 is 0. The first kappa shape index (κ1) is 14.4. The number of hydrogen-bond donors (Lipinski definition) is 0. The molecule has 0 unspecified atom stereocenters. The maximum absolute atomic E-state index is 12.8. The summed E-state index contributed by atoms with van der Waals surface area (Å²) in [6.07, 6.45) is 1.23. The zero-order valence-corrected chi connectivity index (χ0v) is 12.1. The van der Waals surface area contributed by atoms with Crippen LogP contribution in [-0.2, 0) is 24.2 Å². The Morgan fingerprint density at radius 3 is 2.45 bits per heavy atom. The van der Waals surface area contributed by atoms with Crippen LogP contribution < -0.4 is 0 Å². The molecule has 0 atom stereocenters. The largest absolute Gasteiger partial charge is 0.297 e. The Morgan fingerprint density at radius 1 is 1.25 bits per heavy atom. The van der Waals surface area contributed by atoms with Gasteiger partial charge in [-0.15, -0.1) is 0 Å². The van der Waals surface area contributed by atoms with Crippen LogP contribution in [0.15, 0.2) is 24.3 Å². The number of aryl methyl sites for hydroxylation is 1. The van der Waals surface area contributed by atoms with Crippen molar-refractivity contribution >= 4 is 5.78 Å². The second-order valence-corrected chi connectivity index (χ2v) is 5.00. The highest BCUT2D eigenvalue weighted by Gasteiger charge is 2.12. The van der Waals surface area contributed by atoms with Gasteiger partial charge in [0.25, 0.3) is 0 Å². The summed E-state index contributed by atoms with van der Waals surface area (Å²) in [5.74, 6) is -0.211. The second kappa shape index (κ2) is 5.99. The first-order chi connectivity index (χ1) is 9.51. The minimum absolute atomic E-state index is 0.0739. The van der Waals surface area contributed by atoms with Crippen molar-refractivity contribution in [3.8, 4) is 0 Å². The number of Topliss-reactive ketones (excluding diaryl/α,β-unsaturated/α-hetero) is 1. The van der Waals surface area contributed by atoms with Crippen LogP contribution in [0.5, 0.6) is 0 Å². The average Bonchev–Trinajstić information content (AvgIpc) is 2.67. The first-order valence-corrected chi connectivity index (χ1v) is 6.80. The number of aromatic nitrogens is 2. The van der Waals surface area contributed by atoms with E-state index < -0.39 is 0 Å². The highest BCUT2D eigenvalue weighted by atomic mass is 19.1. The second-order valence-electron chi connectivity index (χ2n) is 5.00. The van der Waals surface area contributed by atoms with Crippen molar-refractivity contribution in [3.05, 3.63) is 52.6 Å². The lowest BCUT2D eigenvalue weighted by molar-refractivity contribution is -0.119. The Hall–Kier alpha value is -1.97. The van der Waals surface area contributed by atoms with Crippen molar-refractivity contribution in [3.63, 3.8) is 0 Å². The number of rotatable bonds is 5. The third-order valence-electron chi connectivity index (χ3n) is 3.53. The third-order valence-corrected chi connectivity index (χ3v) is 3.53. The van der Waals surface area contributed by atoms with Gasteiger partial charge in [-0.2, -0.15) is 5.10 Å².